The number of nitrogens with zero attached hydrogens (tertiary/aromatic N) is 4. The lowest BCUT2D eigenvalue weighted by molar-refractivity contribution is 0.0410. The summed E-state index contributed by atoms with van der Waals surface area (Å²) in [6.45, 7) is 5.67. The Labute approximate surface area is 256 Å². The number of rotatable bonds is 5. The second kappa shape index (κ2) is 12.7. The number of amides is 2. The fraction of sp³-hybridized carbons (Fsp3) is 0.286. The van der Waals surface area contributed by atoms with Gasteiger partial charge in [-0.1, -0.05) is 78.3 Å². The molecule has 6 rings (SSSR count). The summed E-state index contributed by atoms with van der Waals surface area (Å²) in [5, 5.41) is 0.189. The number of piperazine rings is 1. The van der Waals surface area contributed by atoms with Crippen LogP contribution in [-0.2, 0) is 0 Å². The van der Waals surface area contributed by atoms with Gasteiger partial charge in [-0.15, -0.1) is 0 Å². The normalized spacial score (nSPS) is 16.3. The van der Waals surface area contributed by atoms with Gasteiger partial charge in [-0.25, -0.2) is 9.37 Å². The molecule has 3 aromatic carbocycles. The minimum atomic E-state index is -0.579. The van der Waals surface area contributed by atoms with Crippen LogP contribution in [0.2, 0.25) is 5.02 Å². The maximum absolute atomic E-state index is 14.5. The molecule has 3 heterocycles. The standard InChI is InChI=1S/C35H34ClFN4O2/c1-24-12-13-29(37)32(33(24)36)35(43)40-16-14-28(15-17-40)39-18-20-41(21-19-39)34(42)27-22-30(25-8-4-2-5-9-25)38-31(23-27)26-10-6-3-7-11-26/h2-13,22-23,28H,14-21H2,1H3. The number of likely N-dealkylation sites (tertiary alicyclic amines) is 1. The lowest BCUT2D eigenvalue weighted by Gasteiger charge is -2.42. The van der Waals surface area contributed by atoms with Gasteiger partial charge in [0, 0.05) is 62.0 Å². The highest BCUT2D eigenvalue weighted by molar-refractivity contribution is 6.34. The molecule has 0 N–H and O–H groups in total. The van der Waals surface area contributed by atoms with Gasteiger partial charge >= 0.3 is 0 Å². The molecule has 0 atom stereocenters. The molecule has 0 saturated carbocycles. The van der Waals surface area contributed by atoms with Gasteiger partial charge in [-0.2, -0.15) is 0 Å². The van der Waals surface area contributed by atoms with E-state index in [1.165, 1.54) is 6.07 Å². The number of hydrogen-bond acceptors (Lipinski definition) is 4. The molecule has 220 valence electrons. The largest absolute Gasteiger partial charge is 0.338 e. The SMILES string of the molecule is Cc1ccc(F)c(C(=O)N2CCC(N3CCN(C(=O)c4cc(-c5ccccc5)nc(-c5ccccc5)c4)CC3)CC2)c1Cl. The molecule has 8 heteroatoms. The summed E-state index contributed by atoms with van der Waals surface area (Å²) in [7, 11) is 0. The zero-order chi connectivity index (χ0) is 29.9. The smallest absolute Gasteiger partial charge is 0.258 e. The Morgan fingerprint density at radius 1 is 0.744 bits per heavy atom. The zero-order valence-electron chi connectivity index (χ0n) is 24.2. The van der Waals surface area contributed by atoms with E-state index in [9.17, 15) is 14.0 Å². The van der Waals surface area contributed by atoms with Gasteiger partial charge in [-0.05, 0) is 43.5 Å². The summed E-state index contributed by atoms with van der Waals surface area (Å²) >= 11 is 6.29. The first-order valence-corrected chi connectivity index (χ1v) is 15.2. The number of aromatic nitrogens is 1. The predicted octanol–water partition coefficient (Wildman–Crippen LogP) is 6.58. The van der Waals surface area contributed by atoms with Crippen molar-refractivity contribution in [3.63, 3.8) is 0 Å². The van der Waals surface area contributed by atoms with Crippen molar-refractivity contribution >= 4 is 23.4 Å². The quantitative estimate of drug-likeness (QED) is 0.261. The van der Waals surface area contributed by atoms with Gasteiger partial charge in [0.05, 0.1) is 22.0 Å². The summed E-state index contributed by atoms with van der Waals surface area (Å²) < 4.78 is 14.5. The fourth-order valence-electron chi connectivity index (χ4n) is 6.09. The van der Waals surface area contributed by atoms with Crippen molar-refractivity contribution in [2.75, 3.05) is 39.3 Å². The Kier molecular flexibility index (Phi) is 8.54. The molecular formula is C35H34ClFN4O2. The highest BCUT2D eigenvalue weighted by atomic mass is 35.5. The first-order chi connectivity index (χ1) is 20.9. The Balaban J connectivity index is 1.10. The van der Waals surface area contributed by atoms with E-state index in [0.717, 1.165) is 48.4 Å². The number of pyridine rings is 1. The molecule has 4 aromatic rings. The molecule has 2 fully saturated rings. The van der Waals surface area contributed by atoms with Crippen molar-refractivity contribution in [1.82, 2.24) is 19.7 Å². The molecule has 0 radical (unpaired) electrons. The van der Waals surface area contributed by atoms with E-state index in [-0.39, 0.29) is 22.4 Å². The van der Waals surface area contributed by atoms with Crippen LogP contribution < -0.4 is 0 Å². The molecule has 2 aliphatic rings. The number of halogens is 2. The van der Waals surface area contributed by atoms with E-state index in [4.69, 9.17) is 16.6 Å². The predicted molar refractivity (Wildman–Crippen MR) is 168 cm³/mol. The highest BCUT2D eigenvalue weighted by Crippen LogP contribution is 2.28. The van der Waals surface area contributed by atoms with Gasteiger partial charge in [0.25, 0.3) is 11.8 Å². The number of hydrogen-bond donors (Lipinski definition) is 0. The second-order valence-electron chi connectivity index (χ2n) is 11.3. The third kappa shape index (κ3) is 6.19. The first kappa shape index (κ1) is 29.0. The van der Waals surface area contributed by atoms with E-state index >= 15 is 0 Å². The van der Waals surface area contributed by atoms with Crippen LogP contribution in [0.15, 0.2) is 84.9 Å². The molecule has 0 spiro atoms. The number of piperidine rings is 1. The molecular weight excluding hydrogens is 563 g/mol. The minimum absolute atomic E-state index is 0.00823. The minimum Gasteiger partial charge on any atom is -0.338 e. The number of benzene rings is 3. The van der Waals surface area contributed by atoms with Crippen molar-refractivity contribution < 1.29 is 14.0 Å². The average molecular weight is 597 g/mol. The van der Waals surface area contributed by atoms with Crippen molar-refractivity contribution in [3.05, 3.63) is 112 Å². The van der Waals surface area contributed by atoms with Crippen molar-refractivity contribution in [2.24, 2.45) is 0 Å². The zero-order valence-corrected chi connectivity index (χ0v) is 24.9. The summed E-state index contributed by atoms with van der Waals surface area (Å²) in [4.78, 5) is 37.8. The lowest BCUT2D eigenvalue weighted by Crippen LogP contribution is -2.54. The van der Waals surface area contributed by atoms with Crippen molar-refractivity contribution in [1.29, 1.82) is 0 Å². The number of aryl methyl sites for hydroxylation is 1. The van der Waals surface area contributed by atoms with Crippen LogP contribution in [0.3, 0.4) is 0 Å². The van der Waals surface area contributed by atoms with E-state index < -0.39 is 5.82 Å². The van der Waals surface area contributed by atoms with Crippen molar-refractivity contribution in [3.8, 4) is 22.5 Å². The van der Waals surface area contributed by atoms with Gasteiger partial charge < -0.3 is 9.80 Å². The molecule has 1 aromatic heterocycles. The molecule has 2 aliphatic heterocycles. The third-order valence-electron chi connectivity index (χ3n) is 8.58. The molecule has 0 unspecified atom stereocenters. The summed E-state index contributed by atoms with van der Waals surface area (Å²) in [6.07, 6.45) is 1.60. The lowest BCUT2D eigenvalue weighted by atomic mass is 10.0. The average Bonchev–Trinajstić information content (AvgIpc) is 3.07. The van der Waals surface area contributed by atoms with Gasteiger partial charge in [0.1, 0.15) is 5.82 Å². The monoisotopic (exact) mass is 596 g/mol. The maximum atomic E-state index is 14.5. The van der Waals surface area contributed by atoms with Gasteiger partial charge in [0.15, 0.2) is 0 Å². The van der Waals surface area contributed by atoms with Crippen LogP contribution in [0.5, 0.6) is 0 Å². The Hall–Kier alpha value is -4.07. The summed E-state index contributed by atoms with van der Waals surface area (Å²) in [6, 6.07) is 26.9. The Morgan fingerprint density at radius 2 is 1.28 bits per heavy atom. The van der Waals surface area contributed by atoms with E-state index in [0.29, 0.717) is 43.3 Å². The van der Waals surface area contributed by atoms with Crippen LogP contribution in [0.4, 0.5) is 4.39 Å². The molecule has 2 saturated heterocycles. The van der Waals surface area contributed by atoms with E-state index in [1.54, 1.807) is 17.9 Å². The third-order valence-corrected chi connectivity index (χ3v) is 9.07. The molecule has 43 heavy (non-hydrogen) atoms. The fourth-order valence-corrected chi connectivity index (χ4v) is 6.32. The van der Waals surface area contributed by atoms with Crippen LogP contribution in [-0.4, -0.2) is 76.8 Å². The summed E-state index contributed by atoms with van der Waals surface area (Å²) in [5.74, 6) is -0.916. The molecule has 6 nitrogen and oxygen atoms in total. The van der Waals surface area contributed by atoms with E-state index in [2.05, 4.69) is 4.90 Å². The van der Waals surface area contributed by atoms with Crippen LogP contribution in [0, 0.1) is 12.7 Å². The topological polar surface area (TPSA) is 56.8 Å². The van der Waals surface area contributed by atoms with Crippen LogP contribution >= 0.6 is 11.6 Å². The number of carbonyl (C=O) groups is 2. The van der Waals surface area contributed by atoms with E-state index in [1.807, 2.05) is 77.7 Å². The van der Waals surface area contributed by atoms with Crippen molar-refractivity contribution in [2.45, 2.75) is 25.8 Å². The molecule has 0 bridgehead atoms. The van der Waals surface area contributed by atoms with Gasteiger partial charge in [0.2, 0.25) is 0 Å². The van der Waals surface area contributed by atoms with Gasteiger partial charge in [-0.3, -0.25) is 14.5 Å². The summed E-state index contributed by atoms with van der Waals surface area (Å²) in [5.41, 5.74) is 4.78. The number of carbonyl (C=O) groups excluding carboxylic acids is 2. The van der Waals surface area contributed by atoms with Crippen LogP contribution in [0.25, 0.3) is 22.5 Å². The highest BCUT2D eigenvalue weighted by Gasteiger charge is 2.32. The molecule has 2 amide bonds. The Morgan fingerprint density at radius 3 is 1.84 bits per heavy atom. The van der Waals surface area contributed by atoms with Crippen LogP contribution in [0.1, 0.15) is 39.1 Å². The maximum Gasteiger partial charge on any atom is 0.258 e. The first-order valence-electron chi connectivity index (χ1n) is 14.8. The second-order valence-corrected chi connectivity index (χ2v) is 11.6. The molecule has 0 aliphatic carbocycles. The Bertz CT molecular complexity index is 1560.